The standard InChI is InChI=1S/C9H10BF3NO2.K/c1-7(15)14-8-4-2-3-5-9(8)16-6-10(11,12)13;/h2-5H,6H2,1H3,(H,14,15);/q-1;+1. The topological polar surface area (TPSA) is 38.3 Å². The Kier molecular flexibility index (Phi) is 7.42. The molecule has 0 atom stereocenters. The summed E-state index contributed by atoms with van der Waals surface area (Å²) in [6.07, 6.45) is 0. The van der Waals surface area contributed by atoms with Gasteiger partial charge >= 0.3 is 58.4 Å². The van der Waals surface area contributed by atoms with E-state index >= 15 is 0 Å². The minimum Gasteiger partial charge on any atom is -0.520 e. The van der Waals surface area contributed by atoms with Crippen molar-refractivity contribution in [2.45, 2.75) is 6.92 Å². The molecule has 1 aromatic carbocycles. The van der Waals surface area contributed by atoms with E-state index in [0.29, 0.717) is 0 Å². The predicted octanol–water partition coefficient (Wildman–Crippen LogP) is -0.586. The molecule has 0 aliphatic heterocycles. The Morgan fingerprint density at radius 3 is 2.47 bits per heavy atom. The van der Waals surface area contributed by atoms with Gasteiger partial charge < -0.3 is 23.0 Å². The van der Waals surface area contributed by atoms with Crippen molar-refractivity contribution in [1.82, 2.24) is 0 Å². The van der Waals surface area contributed by atoms with E-state index in [4.69, 9.17) is 0 Å². The molecule has 17 heavy (non-hydrogen) atoms. The molecule has 0 saturated heterocycles. The van der Waals surface area contributed by atoms with Crippen molar-refractivity contribution in [2.75, 3.05) is 11.8 Å². The van der Waals surface area contributed by atoms with Gasteiger partial charge in [-0.3, -0.25) is 4.79 Å². The van der Waals surface area contributed by atoms with Crippen LogP contribution in [-0.2, 0) is 4.79 Å². The van der Waals surface area contributed by atoms with Crippen LogP contribution in [0.4, 0.5) is 18.6 Å². The molecular weight excluding hydrogens is 261 g/mol. The molecule has 1 aromatic rings. The number of hydrogen-bond acceptors (Lipinski definition) is 2. The fourth-order valence-electron chi connectivity index (χ4n) is 1.07. The summed E-state index contributed by atoms with van der Waals surface area (Å²) in [5.41, 5.74) is 0.232. The van der Waals surface area contributed by atoms with Gasteiger partial charge in [0.2, 0.25) is 5.91 Å². The third-order valence-corrected chi connectivity index (χ3v) is 1.63. The molecule has 0 heterocycles. The van der Waals surface area contributed by atoms with Crippen molar-refractivity contribution in [1.29, 1.82) is 0 Å². The second-order valence-electron chi connectivity index (χ2n) is 3.20. The molecule has 0 aliphatic rings. The van der Waals surface area contributed by atoms with Crippen molar-refractivity contribution < 1.29 is 73.9 Å². The van der Waals surface area contributed by atoms with E-state index in [0.717, 1.165) is 0 Å². The van der Waals surface area contributed by atoms with E-state index in [2.05, 4.69) is 10.1 Å². The maximum Gasteiger partial charge on any atom is 1.00 e. The minimum absolute atomic E-state index is 0. The molecule has 8 heteroatoms. The molecule has 0 saturated carbocycles. The molecule has 1 amide bonds. The number of halogens is 3. The number of carbonyl (C=O) groups is 1. The van der Waals surface area contributed by atoms with E-state index in [1.807, 2.05) is 0 Å². The maximum absolute atomic E-state index is 12.0. The number of benzene rings is 1. The van der Waals surface area contributed by atoms with Gasteiger partial charge in [0.25, 0.3) is 0 Å². The second-order valence-corrected chi connectivity index (χ2v) is 3.20. The fraction of sp³-hybridized carbons (Fsp3) is 0.222. The van der Waals surface area contributed by atoms with E-state index in [1.165, 1.54) is 25.1 Å². The van der Waals surface area contributed by atoms with E-state index < -0.39 is 13.5 Å². The molecule has 1 N–H and O–H groups in total. The molecular formula is C9H10BF3KNO2. The predicted molar refractivity (Wildman–Crippen MR) is 55.3 cm³/mol. The third-order valence-electron chi connectivity index (χ3n) is 1.63. The average Bonchev–Trinajstić information content (AvgIpc) is 2.14. The SMILES string of the molecule is CC(=O)Nc1ccccc1OC[B-](F)(F)F.[K+]. The molecule has 1 rings (SSSR count). The largest absolute Gasteiger partial charge is 1.00 e. The molecule has 0 spiro atoms. The quantitative estimate of drug-likeness (QED) is 0.744. The van der Waals surface area contributed by atoms with Crippen LogP contribution in [0, 0.1) is 0 Å². The van der Waals surface area contributed by atoms with Crippen molar-refractivity contribution >= 4 is 18.6 Å². The van der Waals surface area contributed by atoms with Crippen LogP contribution in [0.1, 0.15) is 6.92 Å². The number of para-hydroxylation sites is 2. The summed E-state index contributed by atoms with van der Waals surface area (Å²) in [6, 6.07) is 5.97. The van der Waals surface area contributed by atoms with Crippen molar-refractivity contribution in [3.63, 3.8) is 0 Å². The number of hydrogen-bond donors (Lipinski definition) is 1. The Labute approximate surface area is 140 Å². The molecule has 0 aliphatic carbocycles. The number of anilines is 1. The molecule has 0 bridgehead atoms. The van der Waals surface area contributed by atoms with Crippen LogP contribution in [-0.4, -0.2) is 19.4 Å². The molecule has 0 aromatic heterocycles. The molecule has 0 fully saturated rings. The Morgan fingerprint density at radius 2 is 1.94 bits per heavy atom. The molecule has 3 nitrogen and oxygen atoms in total. The zero-order chi connectivity index (χ0) is 12.2. The van der Waals surface area contributed by atoms with Crippen molar-refractivity contribution in [2.24, 2.45) is 0 Å². The number of amides is 1. The zero-order valence-electron chi connectivity index (χ0n) is 9.54. The van der Waals surface area contributed by atoms with Crippen molar-refractivity contribution in [3.05, 3.63) is 24.3 Å². The van der Waals surface area contributed by atoms with E-state index in [1.54, 1.807) is 6.07 Å². The molecule has 0 unspecified atom stereocenters. The zero-order valence-corrected chi connectivity index (χ0v) is 12.7. The number of carbonyl (C=O) groups excluding carboxylic acids is 1. The van der Waals surface area contributed by atoms with Crippen LogP contribution < -0.4 is 61.4 Å². The summed E-state index contributed by atoms with van der Waals surface area (Å²) in [7, 11) is 0. The van der Waals surface area contributed by atoms with Crippen LogP contribution in [0.3, 0.4) is 0 Å². The summed E-state index contributed by atoms with van der Waals surface area (Å²) in [5.74, 6) is -0.356. The Balaban J connectivity index is 0.00000256. The minimum atomic E-state index is -5.00. The summed E-state index contributed by atoms with van der Waals surface area (Å²) in [5, 5.41) is 2.39. The van der Waals surface area contributed by atoms with Gasteiger partial charge in [-0.1, -0.05) is 12.1 Å². The Bertz CT molecular complexity index is 387. The summed E-state index contributed by atoms with van der Waals surface area (Å²) >= 11 is 0. The number of ether oxygens (including phenoxy) is 1. The monoisotopic (exact) mass is 271 g/mol. The average molecular weight is 271 g/mol. The Hall–Kier alpha value is -0.0187. The van der Waals surface area contributed by atoms with Gasteiger partial charge in [0.05, 0.1) is 12.2 Å². The molecule has 88 valence electrons. The molecule has 0 radical (unpaired) electrons. The third kappa shape index (κ3) is 7.10. The number of rotatable bonds is 4. The van der Waals surface area contributed by atoms with Crippen LogP contribution in [0.15, 0.2) is 24.3 Å². The van der Waals surface area contributed by atoms with Crippen LogP contribution in [0.5, 0.6) is 5.75 Å². The van der Waals surface area contributed by atoms with Gasteiger partial charge in [0.15, 0.2) is 0 Å². The van der Waals surface area contributed by atoms with Crippen molar-refractivity contribution in [3.8, 4) is 5.75 Å². The Morgan fingerprint density at radius 1 is 1.35 bits per heavy atom. The summed E-state index contributed by atoms with van der Waals surface area (Å²) < 4.78 is 40.5. The van der Waals surface area contributed by atoms with Crippen LogP contribution >= 0.6 is 0 Å². The normalized spacial score (nSPS) is 10.4. The smallest absolute Gasteiger partial charge is 0.520 e. The first-order valence-electron chi connectivity index (χ1n) is 4.59. The van der Waals surface area contributed by atoms with E-state index in [-0.39, 0.29) is 68.7 Å². The fourth-order valence-corrected chi connectivity index (χ4v) is 1.07. The first-order valence-corrected chi connectivity index (χ1v) is 4.59. The summed E-state index contributed by atoms with van der Waals surface area (Å²) in [4.78, 5) is 10.8. The number of nitrogens with one attached hydrogen (secondary N) is 1. The van der Waals surface area contributed by atoms with E-state index in [9.17, 15) is 17.7 Å². The van der Waals surface area contributed by atoms with Crippen LogP contribution in [0.2, 0.25) is 0 Å². The second kappa shape index (κ2) is 7.42. The first kappa shape index (κ1) is 17.0. The van der Waals surface area contributed by atoms with Crippen LogP contribution in [0.25, 0.3) is 0 Å². The van der Waals surface area contributed by atoms with Gasteiger partial charge in [0, 0.05) is 6.92 Å². The first-order chi connectivity index (χ1) is 7.38. The van der Waals surface area contributed by atoms with Gasteiger partial charge in [-0.15, -0.1) is 0 Å². The maximum atomic E-state index is 12.0. The van der Waals surface area contributed by atoms with Gasteiger partial charge in [-0.25, -0.2) is 0 Å². The van der Waals surface area contributed by atoms with Gasteiger partial charge in [-0.05, 0) is 12.1 Å². The van der Waals surface area contributed by atoms with Gasteiger partial charge in [-0.2, -0.15) is 0 Å². The van der Waals surface area contributed by atoms with Gasteiger partial charge in [0.1, 0.15) is 5.75 Å². The summed E-state index contributed by atoms with van der Waals surface area (Å²) in [6.45, 7) is -5.06.